The number of hydrogen-bond acceptors (Lipinski definition) is 2. The monoisotopic (exact) mass is 434 g/mol. The third-order valence-corrected chi connectivity index (χ3v) is 5.69. The summed E-state index contributed by atoms with van der Waals surface area (Å²) in [7, 11) is 0. The van der Waals surface area contributed by atoms with Gasteiger partial charge in [0, 0.05) is 19.5 Å². The molecule has 5 heteroatoms. The van der Waals surface area contributed by atoms with E-state index in [0.29, 0.717) is 25.8 Å². The van der Waals surface area contributed by atoms with Gasteiger partial charge in [-0.1, -0.05) is 68.4 Å². The lowest BCUT2D eigenvalue weighted by Gasteiger charge is -2.31. The molecule has 0 heterocycles. The van der Waals surface area contributed by atoms with Crippen LogP contribution in [0.5, 0.6) is 0 Å². The Morgan fingerprint density at radius 3 is 2.41 bits per heavy atom. The molecule has 4 nitrogen and oxygen atoms in total. The van der Waals surface area contributed by atoms with Gasteiger partial charge in [-0.05, 0) is 53.3 Å². The topological polar surface area (TPSA) is 49.4 Å². The van der Waals surface area contributed by atoms with E-state index in [1.54, 1.807) is 17.0 Å². The zero-order valence-corrected chi connectivity index (χ0v) is 18.8. The van der Waals surface area contributed by atoms with Crippen LogP contribution >= 0.6 is 0 Å². The first-order valence-corrected chi connectivity index (χ1v) is 11.3. The minimum atomic E-state index is -0.563. The second kappa shape index (κ2) is 11.4. The number of hydrogen-bond donors (Lipinski definition) is 1. The number of aryl methyl sites for hydroxylation is 1. The molecule has 1 N–H and O–H groups in total. The lowest BCUT2D eigenvalue weighted by Crippen LogP contribution is -2.49. The lowest BCUT2D eigenvalue weighted by atomic mass is 10.00. The van der Waals surface area contributed by atoms with Crippen molar-refractivity contribution in [3.05, 3.63) is 83.7 Å². The van der Waals surface area contributed by atoms with Crippen molar-refractivity contribution < 1.29 is 14.0 Å². The van der Waals surface area contributed by atoms with Crippen molar-refractivity contribution in [1.82, 2.24) is 10.2 Å². The first kappa shape index (κ1) is 23.5. The number of halogens is 1. The van der Waals surface area contributed by atoms with Crippen molar-refractivity contribution in [2.45, 2.75) is 52.1 Å². The van der Waals surface area contributed by atoms with Gasteiger partial charge in [0.1, 0.15) is 11.9 Å². The first-order chi connectivity index (χ1) is 15.5. The zero-order valence-electron chi connectivity index (χ0n) is 18.8. The van der Waals surface area contributed by atoms with Crippen LogP contribution in [0.2, 0.25) is 0 Å². The molecule has 0 bridgehead atoms. The summed E-state index contributed by atoms with van der Waals surface area (Å²) >= 11 is 0. The van der Waals surface area contributed by atoms with Gasteiger partial charge in [-0.3, -0.25) is 9.59 Å². The highest BCUT2D eigenvalue weighted by molar-refractivity contribution is 5.89. The zero-order chi connectivity index (χ0) is 22.9. The largest absolute Gasteiger partial charge is 0.354 e. The standard InChI is InChI=1S/C27H31FN2O2/c1-3-18-29-27(32)25(4-2)30(19-20-12-15-23(28)16-13-20)26(31)17-14-22-10-7-9-21-8-5-6-11-24(21)22/h5-13,15-16,25H,3-4,14,17-19H2,1-2H3,(H,29,32). The van der Waals surface area contributed by atoms with Gasteiger partial charge in [-0.15, -0.1) is 0 Å². The molecule has 2 amide bonds. The molecule has 3 rings (SSSR count). The van der Waals surface area contributed by atoms with E-state index in [1.165, 1.54) is 12.1 Å². The summed E-state index contributed by atoms with van der Waals surface area (Å²) in [5.41, 5.74) is 1.91. The maximum Gasteiger partial charge on any atom is 0.242 e. The Balaban J connectivity index is 1.81. The molecular weight excluding hydrogens is 403 g/mol. The van der Waals surface area contributed by atoms with E-state index in [-0.39, 0.29) is 24.2 Å². The Morgan fingerprint density at radius 1 is 0.969 bits per heavy atom. The molecule has 0 saturated heterocycles. The summed E-state index contributed by atoms with van der Waals surface area (Å²) in [6.45, 7) is 4.75. The molecule has 0 aromatic heterocycles. The van der Waals surface area contributed by atoms with Crippen LogP contribution in [0.3, 0.4) is 0 Å². The number of carbonyl (C=O) groups excluding carboxylic acids is 2. The van der Waals surface area contributed by atoms with Crippen molar-refractivity contribution >= 4 is 22.6 Å². The highest BCUT2D eigenvalue weighted by Gasteiger charge is 2.28. The molecule has 0 aliphatic rings. The van der Waals surface area contributed by atoms with E-state index in [1.807, 2.05) is 38.1 Å². The van der Waals surface area contributed by atoms with E-state index in [9.17, 15) is 14.0 Å². The number of fused-ring (bicyclic) bond motifs is 1. The first-order valence-electron chi connectivity index (χ1n) is 11.3. The van der Waals surface area contributed by atoms with Gasteiger partial charge in [-0.25, -0.2) is 4.39 Å². The maximum absolute atomic E-state index is 13.4. The van der Waals surface area contributed by atoms with Gasteiger partial charge in [-0.2, -0.15) is 0 Å². The molecule has 3 aromatic rings. The average molecular weight is 435 g/mol. The predicted molar refractivity (Wildman–Crippen MR) is 127 cm³/mol. The Morgan fingerprint density at radius 2 is 1.69 bits per heavy atom. The van der Waals surface area contributed by atoms with Crippen molar-refractivity contribution in [3.8, 4) is 0 Å². The van der Waals surface area contributed by atoms with E-state index in [0.717, 1.165) is 28.3 Å². The van der Waals surface area contributed by atoms with Gasteiger partial charge in [0.05, 0.1) is 0 Å². The quantitative estimate of drug-likeness (QED) is 0.474. The predicted octanol–water partition coefficient (Wildman–Crippen LogP) is 5.25. The summed E-state index contributed by atoms with van der Waals surface area (Å²) in [6, 6.07) is 19.8. The molecule has 0 saturated carbocycles. The molecule has 0 aliphatic heterocycles. The fraction of sp³-hybridized carbons (Fsp3) is 0.333. The Kier molecular flexibility index (Phi) is 8.37. The summed E-state index contributed by atoms with van der Waals surface area (Å²) in [5, 5.41) is 5.20. The normalized spacial score (nSPS) is 11.8. The maximum atomic E-state index is 13.4. The summed E-state index contributed by atoms with van der Waals surface area (Å²) in [6.07, 6.45) is 2.23. The van der Waals surface area contributed by atoms with Crippen molar-refractivity contribution in [2.24, 2.45) is 0 Å². The highest BCUT2D eigenvalue weighted by atomic mass is 19.1. The van der Waals surface area contributed by atoms with Crippen LogP contribution in [0, 0.1) is 5.82 Å². The van der Waals surface area contributed by atoms with E-state index in [4.69, 9.17) is 0 Å². The summed E-state index contributed by atoms with van der Waals surface area (Å²) < 4.78 is 13.4. The number of nitrogens with zero attached hydrogens (tertiary/aromatic N) is 1. The van der Waals surface area contributed by atoms with Crippen LogP contribution in [0.1, 0.15) is 44.2 Å². The highest BCUT2D eigenvalue weighted by Crippen LogP contribution is 2.21. The fourth-order valence-corrected chi connectivity index (χ4v) is 3.97. The molecule has 168 valence electrons. The Hall–Kier alpha value is -3.21. The average Bonchev–Trinajstić information content (AvgIpc) is 2.82. The van der Waals surface area contributed by atoms with Gasteiger partial charge in [0.15, 0.2) is 0 Å². The van der Waals surface area contributed by atoms with Crippen molar-refractivity contribution in [3.63, 3.8) is 0 Å². The third-order valence-electron chi connectivity index (χ3n) is 5.69. The van der Waals surface area contributed by atoms with Crippen LogP contribution in [0.4, 0.5) is 4.39 Å². The molecule has 32 heavy (non-hydrogen) atoms. The minimum Gasteiger partial charge on any atom is -0.354 e. The smallest absolute Gasteiger partial charge is 0.242 e. The SMILES string of the molecule is CCCNC(=O)C(CC)N(Cc1ccc(F)cc1)C(=O)CCc1cccc2ccccc12. The minimum absolute atomic E-state index is 0.0826. The summed E-state index contributed by atoms with van der Waals surface area (Å²) in [4.78, 5) is 27.8. The fourth-order valence-electron chi connectivity index (χ4n) is 3.97. The number of nitrogens with one attached hydrogen (secondary N) is 1. The van der Waals surface area contributed by atoms with Gasteiger partial charge in [0.25, 0.3) is 0 Å². The van der Waals surface area contributed by atoms with Crippen LogP contribution in [0.25, 0.3) is 10.8 Å². The van der Waals surface area contributed by atoms with Crippen LogP contribution in [-0.4, -0.2) is 29.3 Å². The third kappa shape index (κ3) is 5.94. The number of rotatable bonds is 10. The Labute approximate surface area is 189 Å². The number of benzene rings is 3. The molecule has 0 aliphatic carbocycles. The van der Waals surface area contributed by atoms with Crippen LogP contribution in [0.15, 0.2) is 66.7 Å². The Bertz CT molecular complexity index is 1040. The van der Waals surface area contributed by atoms with E-state index >= 15 is 0 Å². The van der Waals surface area contributed by atoms with E-state index < -0.39 is 6.04 Å². The van der Waals surface area contributed by atoms with Crippen LogP contribution in [-0.2, 0) is 22.6 Å². The molecule has 1 atom stereocenters. The van der Waals surface area contributed by atoms with Gasteiger partial charge in [0.2, 0.25) is 11.8 Å². The van der Waals surface area contributed by atoms with Crippen molar-refractivity contribution in [2.75, 3.05) is 6.54 Å². The summed E-state index contributed by atoms with van der Waals surface area (Å²) in [5.74, 6) is -0.550. The number of carbonyl (C=O) groups is 2. The van der Waals surface area contributed by atoms with Gasteiger partial charge < -0.3 is 10.2 Å². The van der Waals surface area contributed by atoms with Crippen molar-refractivity contribution in [1.29, 1.82) is 0 Å². The lowest BCUT2D eigenvalue weighted by molar-refractivity contribution is -0.141. The van der Waals surface area contributed by atoms with E-state index in [2.05, 4.69) is 23.5 Å². The molecule has 0 spiro atoms. The second-order valence-electron chi connectivity index (χ2n) is 8.00. The molecule has 0 radical (unpaired) electrons. The van der Waals surface area contributed by atoms with Gasteiger partial charge >= 0.3 is 0 Å². The molecular formula is C27H31FN2O2. The van der Waals surface area contributed by atoms with Crippen LogP contribution < -0.4 is 5.32 Å². The molecule has 0 fully saturated rings. The second-order valence-corrected chi connectivity index (χ2v) is 8.00. The number of amides is 2. The molecule has 1 unspecified atom stereocenters. The molecule has 3 aromatic carbocycles.